The largest absolute Gasteiger partial charge is 0.328 e. The zero-order valence-corrected chi connectivity index (χ0v) is 17.2. The minimum absolute atomic E-state index is 0.0469. The summed E-state index contributed by atoms with van der Waals surface area (Å²) < 4.78 is 0. The molecule has 1 aliphatic rings. The number of aromatic nitrogens is 3. The van der Waals surface area contributed by atoms with Crippen LogP contribution in [0, 0.1) is 5.41 Å². The van der Waals surface area contributed by atoms with Gasteiger partial charge in [-0.3, -0.25) is 15.0 Å². The molecule has 3 aromatic rings. The fourth-order valence-electron chi connectivity index (χ4n) is 5.08. The minimum atomic E-state index is -0.645. The van der Waals surface area contributed by atoms with E-state index in [1.807, 2.05) is 67.0 Å². The van der Waals surface area contributed by atoms with E-state index in [0.717, 1.165) is 23.5 Å². The number of rotatable bonds is 6. The van der Waals surface area contributed by atoms with Gasteiger partial charge in [0.05, 0.1) is 0 Å². The molecule has 156 valence electrons. The maximum Gasteiger partial charge on any atom is 0.0422 e. The van der Waals surface area contributed by atoms with Crippen LogP contribution in [0.25, 0.3) is 0 Å². The molecule has 0 saturated heterocycles. The summed E-state index contributed by atoms with van der Waals surface area (Å²) in [5.74, 6) is 0. The first-order chi connectivity index (χ1) is 14.5. The Labute approximate surface area is 178 Å². The van der Waals surface area contributed by atoms with Crippen molar-refractivity contribution in [1.29, 1.82) is 0 Å². The van der Waals surface area contributed by atoms with Crippen LogP contribution in [-0.4, -0.2) is 32.6 Å². The Balaban J connectivity index is 1.81. The number of hydrogen-bond acceptors (Lipinski definition) is 6. The minimum Gasteiger partial charge on any atom is -0.328 e. The van der Waals surface area contributed by atoms with Gasteiger partial charge in [0.25, 0.3) is 0 Å². The highest BCUT2D eigenvalue weighted by Crippen LogP contribution is 2.47. The molecule has 6 nitrogen and oxygen atoms in total. The molecule has 0 bridgehead atoms. The predicted octanol–water partition coefficient (Wildman–Crippen LogP) is 2.03. The van der Waals surface area contributed by atoms with Crippen molar-refractivity contribution in [1.82, 2.24) is 15.0 Å². The summed E-state index contributed by atoms with van der Waals surface area (Å²) in [6.45, 7) is 0. The average molecular weight is 403 g/mol. The van der Waals surface area contributed by atoms with Crippen molar-refractivity contribution in [3.05, 3.63) is 90.3 Å². The molecule has 3 atom stereocenters. The molecule has 0 spiro atoms. The first-order valence-electron chi connectivity index (χ1n) is 10.5. The second kappa shape index (κ2) is 8.60. The van der Waals surface area contributed by atoms with Crippen LogP contribution in [0.15, 0.2) is 73.2 Å². The first kappa shape index (κ1) is 20.6. The van der Waals surface area contributed by atoms with Gasteiger partial charge in [0, 0.05) is 65.1 Å². The predicted molar refractivity (Wildman–Crippen MR) is 118 cm³/mol. The van der Waals surface area contributed by atoms with Gasteiger partial charge in [-0.15, -0.1) is 0 Å². The lowest BCUT2D eigenvalue weighted by molar-refractivity contribution is 0.0254. The first-order valence-corrected chi connectivity index (χ1v) is 10.5. The molecule has 0 amide bonds. The molecule has 0 aliphatic heterocycles. The number of nitrogens with zero attached hydrogens (tertiary/aromatic N) is 3. The molecular weight excluding hydrogens is 372 g/mol. The SMILES string of the molecule is N[C@H]1C[C@@H](N)C(Cc2ccccn2)(Cc2ccccn2)[C@@](N)(Cc2ccccn2)C1. The highest BCUT2D eigenvalue weighted by atomic mass is 14.9. The van der Waals surface area contributed by atoms with E-state index in [2.05, 4.69) is 15.0 Å². The second-order valence-electron chi connectivity index (χ2n) is 8.61. The summed E-state index contributed by atoms with van der Waals surface area (Å²) >= 11 is 0. The standard InChI is InChI=1S/C24H30N6/c25-18-13-22(26)23(15-19-7-1-4-10-28-19,16-20-8-2-5-11-29-20)24(27,14-18)17-21-9-3-6-12-30-21/h1-12,18,22H,13-17,25-27H2/t18-,22+,24-/m0/s1. The Bertz CT molecular complexity index is 892. The van der Waals surface area contributed by atoms with E-state index >= 15 is 0 Å². The van der Waals surface area contributed by atoms with Crippen molar-refractivity contribution in [3.8, 4) is 0 Å². The molecule has 0 aromatic carbocycles. The second-order valence-corrected chi connectivity index (χ2v) is 8.61. The maximum absolute atomic E-state index is 7.29. The summed E-state index contributed by atoms with van der Waals surface area (Å²) in [4.78, 5) is 13.8. The summed E-state index contributed by atoms with van der Waals surface area (Å²) in [6.07, 6.45) is 8.79. The van der Waals surface area contributed by atoms with Crippen LogP contribution in [-0.2, 0) is 19.3 Å². The third-order valence-electron chi connectivity index (χ3n) is 6.55. The number of hydrogen-bond donors (Lipinski definition) is 3. The van der Waals surface area contributed by atoms with E-state index in [0.29, 0.717) is 25.7 Å². The fourth-order valence-corrected chi connectivity index (χ4v) is 5.08. The third kappa shape index (κ3) is 4.12. The van der Waals surface area contributed by atoms with Gasteiger partial charge in [-0.25, -0.2) is 0 Å². The lowest BCUT2D eigenvalue weighted by atomic mass is 9.53. The van der Waals surface area contributed by atoms with E-state index < -0.39 is 11.0 Å². The van der Waals surface area contributed by atoms with Gasteiger partial charge >= 0.3 is 0 Å². The normalized spacial score (nSPS) is 25.7. The molecule has 1 fully saturated rings. The molecule has 3 heterocycles. The van der Waals surface area contributed by atoms with Crippen molar-refractivity contribution in [2.75, 3.05) is 0 Å². The molecule has 4 rings (SSSR count). The van der Waals surface area contributed by atoms with Gasteiger partial charge < -0.3 is 17.2 Å². The Kier molecular flexibility index (Phi) is 5.90. The van der Waals surface area contributed by atoms with Gasteiger partial charge in [0.1, 0.15) is 0 Å². The van der Waals surface area contributed by atoms with Crippen molar-refractivity contribution in [3.63, 3.8) is 0 Å². The van der Waals surface area contributed by atoms with Crippen molar-refractivity contribution < 1.29 is 0 Å². The number of pyridine rings is 3. The van der Waals surface area contributed by atoms with E-state index in [1.54, 1.807) is 6.20 Å². The van der Waals surface area contributed by atoms with Gasteiger partial charge in [0.2, 0.25) is 0 Å². The summed E-state index contributed by atoms with van der Waals surface area (Å²) in [6, 6.07) is 17.7. The Morgan fingerprint density at radius 2 is 1.20 bits per heavy atom. The Morgan fingerprint density at radius 3 is 1.63 bits per heavy atom. The number of nitrogens with two attached hydrogens (primary N) is 3. The van der Waals surface area contributed by atoms with Crippen molar-refractivity contribution >= 4 is 0 Å². The summed E-state index contributed by atoms with van der Waals surface area (Å²) in [5, 5.41) is 0. The molecule has 1 saturated carbocycles. The van der Waals surface area contributed by atoms with Crippen LogP contribution in [0.1, 0.15) is 29.9 Å². The molecule has 6 heteroatoms. The van der Waals surface area contributed by atoms with E-state index in [-0.39, 0.29) is 12.1 Å². The summed E-state index contributed by atoms with van der Waals surface area (Å²) in [7, 11) is 0. The monoisotopic (exact) mass is 402 g/mol. The van der Waals surface area contributed by atoms with Gasteiger partial charge in [-0.1, -0.05) is 18.2 Å². The van der Waals surface area contributed by atoms with E-state index in [4.69, 9.17) is 17.2 Å². The molecule has 6 N–H and O–H groups in total. The molecule has 30 heavy (non-hydrogen) atoms. The molecular formula is C24H30N6. The smallest absolute Gasteiger partial charge is 0.0422 e. The van der Waals surface area contributed by atoms with Gasteiger partial charge in [0.15, 0.2) is 0 Å². The zero-order chi connectivity index (χ0) is 21.0. The zero-order valence-electron chi connectivity index (χ0n) is 17.2. The maximum atomic E-state index is 7.29. The average Bonchev–Trinajstić information content (AvgIpc) is 2.74. The topological polar surface area (TPSA) is 117 Å². The lowest BCUT2D eigenvalue weighted by Gasteiger charge is -2.57. The van der Waals surface area contributed by atoms with Crippen LogP contribution < -0.4 is 17.2 Å². The molecule has 3 aromatic heterocycles. The highest BCUT2D eigenvalue weighted by molar-refractivity contribution is 5.25. The Morgan fingerprint density at radius 1 is 0.733 bits per heavy atom. The van der Waals surface area contributed by atoms with Gasteiger partial charge in [-0.05, 0) is 62.1 Å². The highest BCUT2D eigenvalue weighted by Gasteiger charge is 2.56. The van der Waals surface area contributed by atoms with E-state index in [9.17, 15) is 0 Å². The lowest BCUT2D eigenvalue weighted by Crippen LogP contribution is -2.71. The quantitative estimate of drug-likeness (QED) is 0.581. The Hall–Kier alpha value is -2.67. The van der Waals surface area contributed by atoms with Crippen LogP contribution in [0.2, 0.25) is 0 Å². The molecule has 0 unspecified atom stereocenters. The van der Waals surface area contributed by atoms with Crippen molar-refractivity contribution in [2.24, 2.45) is 22.6 Å². The van der Waals surface area contributed by atoms with Crippen molar-refractivity contribution in [2.45, 2.75) is 49.7 Å². The fraction of sp³-hybridized carbons (Fsp3) is 0.375. The van der Waals surface area contributed by atoms with Gasteiger partial charge in [-0.2, -0.15) is 0 Å². The van der Waals surface area contributed by atoms with Crippen LogP contribution in [0.4, 0.5) is 0 Å². The summed E-state index contributed by atoms with van der Waals surface area (Å²) in [5.41, 5.74) is 22.4. The van der Waals surface area contributed by atoms with E-state index in [1.165, 1.54) is 0 Å². The molecule has 0 radical (unpaired) electrons. The van der Waals surface area contributed by atoms with Crippen LogP contribution >= 0.6 is 0 Å². The van der Waals surface area contributed by atoms with Crippen LogP contribution in [0.3, 0.4) is 0 Å². The third-order valence-corrected chi connectivity index (χ3v) is 6.55. The molecule has 1 aliphatic carbocycles. The van der Waals surface area contributed by atoms with Crippen LogP contribution in [0.5, 0.6) is 0 Å².